The fraction of sp³-hybridized carbons (Fsp3) is 0.842. The number of unbranched alkanes of at least 4 members (excludes halogenated alkanes) is 18. The van der Waals surface area contributed by atoms with Crippen molar-refractivity contribution in [2.24, 2.45) is 0 Å². The molecule has 0 aliphatic carbocycles. The Labute approximate surface area is 294 Å². The van der Waals surface area contributed by atoms with Crippen molar-refractivity contribution in [1.82, 2.24) is 5.32 Å². The van der Waals surface area contributed by atoms with Crippen molar-refractivity contribution in [2.75, 3.05) is 33.4 Å². The maximum absolute atomic E-state index is 12.5. The van der Waals surface area contributed by atoms with E-state index in [1.165, 1.54) is 77.0 Å². The molecule has 48 heavy (non-hydrogen) atoms. The van der Waals surface area contributed by atoms with Gasteiger partial charge in [-0.1, -0.05) is 134 Å². The third kappa shape index (κ3) is 34.4. The Morgan fingerprint density at radius 3 is 1.69 bits per heavy atom. The molecule has 10 heteroatoms. The number of phosphoric ester groups is 1. The second-order valence-corrected chi connectivity index (χ2v) is 14.2. The number of rotatable bonds is 36. The van der Waals surface area contributed by atoms with Gasteiger partial charge in [-0.25, -0.2) is 4.57 Å². The summed E-state index contributed by atoms with van der Waals surface area (Å²) in [6, 6.07) is 0. The average molecular weight is 702 g/mol. The summed E-state index contributed by atoms with van der Waals surface area (Å²) in [5.41, 5.74) is 0. The Morgan fingerprint density at radius 1 is 0.646 bits per heavy atom. The molecule has 0 heterocycles. The number of esters is 2. The Balaban J connectivity index is 4.31. The lowest BCUT2D eigenvalue weighted by Gasteiger charge is -2.20. The summed E-state index contributed by atoms with van der Waals surface area (Å²) in [6.07, 6.45) is 33.6. The van der Waals surface area contributed by atoms with Crippen LogP contribution in [-0.4, -0.2) is 56.3 Å². The van der Waals surface area contributed by atoms with Crippen LogP contribution in [0.25, 0.3) is 0 Å². The van der Waals surface area contributed by atoms with Gasteiger partial charge in [0, 0.05) is 19.4 Å². The largest absolute Gasteiger partial charge is 0.472 e. The smallest absolute Gasteiger partial charge is 0.462 e. The lowest BCUT2D eigenvalue weighted by atomic mass is 10.1. The van der Waals surface area contributed by atoms with Crippen molar-refractivity contribution in [2.45, 2.75) is 174 Å². The number of allylic oxidation sites excluding steroid dienone is 4. The van der Waals surface area contributed by atoms with Gasteiger partial charge in [0.25, 0.3) is 0 Å². The quantitative estimate of drug-likeness (QED) is 0.0284. The molecule has 9 nitrogen and oxygen atoms in total. The Hall–Kier alpha value is -1.51. The van der Waals surface area contributed by atoms with Crippen LogP contribution in [-0.2, 0) is 32.7 Å². The Bertz CT molecular complexity index is 851. The standard InChI is InChI=1S/C38H72NO8P/c1-4-6-8-10-12-14-16-17-18-19-21-23-25-27-29-31-38(41)47-36(35-46-48(42,43)45-33-32-39-3)34-44-37(40)30-28-26-24-22-20-15-13-11-9-7-5-2/h12,14,17-18,36,39H,4-11,13,15-16,19-35H2,1-3H3,(H,42,43)/b14-12-,18-17-. The van der Waals surface area contributed by atoms with Gasteiger partial charge in [-0.05, 0) is 52.0 Å². The molecule has 0 aliphatic rings. The minimum Gasteiger partial charge on any atom is -0.462 e. The number of nitrogens with one attached hydrogen (secondary N) is 1. The van der Waals surface area contributed by atoms with Crippen LogP contribution in [0.2, 0.25) is 0 Å². The molecule has 2 unspecified atom stereocenters. The molecule has 0 spiro atoms. The van der Waals surface area contributed by atoms with Gasteiger partial charge in [0.2, 0.25) is 0 Å². The fourth-order valence-electron chi connectivity index (χ4n) is 5.11. The molecule has 0 aromatic heterocycles. The van der Waals surface area contributed by atoms with E-state index in [9.17, 15) is 19.0 Å². The fourth-order valence-corrected chi connectivity index (χ4v) is 5.86. The second-order valence-electron chi connectivity index (χ2n) is 12.8. The number of carbonyl (C=O) groups is 2. The third-order valence-electron chi connectivity index (χ3n) is 8.07. The molecule has 0 amide bonds. The summed E-state index contributed by atoms with van der Waals surface area (Å²) < 4.78 is 33.0. The van der Waals surface area contributed by atoms with Crippen molar-refractivity contribution in [3.63, 3.8) is 0 Å². The van der Waals surface area contributed by atoms with E-state index < -0.39 is 26.5 Å². The molecule has 0 radical (unpaired) electrons. The number of likely N-dealkylation sites (N-methyl/N-ethyl adjacent to an activating group) is 1. The molecule has 0 rings (SSSR count). The molecule has 0 fully saturated rings. The van der Waals surface area contributed by atoms with Crippen LogP contribution in [0.3, 0.4) is 0 Å². The molecular weight excluding hydrogens is 629 g/mol. The SMILES string of the molecule is CCCCC/C=C\C/C=C\CCCCCCCC(=O)OC(COC(=O)CCCCCCCCCCCCC)COP(=O)(O)OCCNC. The maximum Gasteiger partial charge on any atom is 0.472 e. The van der Waals surface area contributed by atoms with Crippen molar-refractivity contribution in [1.29, 1.82) is 0 Å². The molecule has 0 aromatic rings. The zero-order valence-electron chi connectivity index (χ0n) is 30.9. The lowest BCUT2D eigenvalue weighted by Crippen LogP contribution is -2.29. The van der Waals surface area contributed by atoms with Crippen molar-refractivity contribution in [3.8, 4) is 0 Å². The monoisotopic (exact) mass is 701 g/mol. The Kier molecular flexibility index (Phi) is 34.2. The molecule has 0 saturated heterocycles. The molecule has 2 N–H and O–H groups in total. The van der Waals surface area contributed by atoms with Crippen molar-refractivity contribution >= 4 is 19.8 Å². The van der Waals surface area contributed by atoms with Gasteiger partial charge in [0.1, 0.15) is 6.61 Å². The summed E-state index contributed by atoms with van der Waals surface area (Å²) in [4.78, 5) is 34.9. The number of phosphoric acid groups is 1. The highest BCUT2D eigenvalue weighted by Gasteiger charge is 2.26. The summed E-state index contributed by atoms with van der Waals surface area (Å²) in [5, 5.41) is 2.82. The molecule has 0 saturated carbocycles. The second kappa shape index (κ2) is 35.3. The van der Waals surface area contributed by atoms with Crippen LogP contribution in [0, 0.1) is 0 Å². The Morgan fingerprint density at radius 2 is 1.12 bits per heavy atom. The summed E-state index contributed by atoms with van der Waals surface area (Å²) in [6.45, 7) is 4.17. The first kappa shape index (κ1) is 46.5. The zero-order valence-corrected chi connectivity index (χ0v) is 31.8. The van der Waals surface area contributed by atoms with E-state index in [4.69, 9.17) is 18.5 Å². The normalized spacial score (nSPS) is 13.7. The van der Waals surface area contributed by atoms with Gasteiger partial charge in [0.05, 0.1) is 13.2 Å². The van der Waals surface area contributed by atoms with Crippen LogP contribution in [0.4, 0.5) is 0 Å². The number of ether oxygens (including phenoxy) is 2. The molecular formula is C38H72NO8P. The van der Waals surface area contributed by atoms with Gasteiger partial charge in [-0.15, -0.1) is 0 Å². The van der Waals surface area contributed by atoms with Crippen molar-refractivity contribution < 1.29 is 37.6 Å². The average Bonchev–Trinajstić information content (AvgIpc) is 3.06. The number of hydrogen-bond acceptors (Lipinski definition) is 8. The third-order valence-corrected chi connectivity index (χ3v) is 9.06. The summed E-state index contributed by atoms with van der Waals surface area (Å²) in [5.74, 6) is -0.822. The number of hydrogen-bond donors (Lipinski definition) is 2. The van der Waals surface area contributed by atoms with E-state index >= 15 is 0 Å². The molecule has 0 bridgehead atoms. The van der Waals surface area contributed by atoms with Crippen LogP contribution >= 0.6 is 7.82 Å². The van der Waals surface area contributed by atoms with E-state index in [-0.39, 0.29) is 32.0 Å². The zero-order chi connectivity index (χ0) is 35.4. The molecule has 282 valence electrons. The van der Waals surface area contributed by atoms with Crippen molar-refractivity contribution in [3.05, 3.63) is 24.3 Å². The van der Waals surface area contributed by atoms with Gasteiger partial charge in [0.15, 0.2) is 6.10 Å². The highest BCUT2D eigenvalue weighted by atomic mass is 31.2. The topological polar surface area (TPSA) is 120 Å². The van der Waals surface area contributed by atoms with Gasteiger partial charge >= 0.3 is 19.8 Å². The van der Waals surface area contributed by atoms with Crippen LogP contribution in [0.1, 0.15) is 168 Å². The minimum absolute atomic E-state index is 0.0184. The lowest BCUT2D eigenvalue weighted by molar-refractivity contribution is -0.161. The summed E-state index contributed by atoms with van der Waals surface area (Å²) in [7, 11) is -2.65. The summed E-state index contributed by atoms with van der Waals surface area (Å²) >= 11 is 0. The highest BCUT2D eigenvalue weighted by Crippen LogP contribution is 2.43. The first-order valence-electron chi connectivity index (χ1n) is 19.3. The predicted molar refractivity (Wildman–Crippen MR) is 197 cm³/mol. The van der Waals surface area contributed by atoms with E-state index in [0.29, 0.717) is 13.0 Å². The van der Waals surface area contributed by atoms with Gasteiger partial charge < -0.3 is 19.7 Å². The molecule has 0 aliphatic heterocycles. The van der Waals surface area contributed by atoms with E-state index in [1.54, 1.807) is 7.05 Å². The van der Waals surface area contributed by atoms with Crippen LogP contribution in [0.15, 0.2) is 24.3 Å². The predicted octanol–water partition coefficient (Wildman–Crippen LogP) is 10.3. The molecule has 0 aromatic carbocycles. The molecule has 2 atom stereocenters. The van der Waals surface area contributed by atoms with Gasteiger partial charge in [-0.2, -0.15) is 0 Å². The first-order chi connectivity index (χ1) is 23.3. The van der Waals surface area contributed by atoms with E-state index in [1.807, 2.05) is 0 Å². The van der Waals surface area contributed by atoms with Gasteiger partial charge in [-0.3, -0.25) is 18.6 Å². The minimum atomic E-state index is -4.34. The van der Waals surface area contributed by atoms with E-state index in [0.717, 1.165) is 57.8 Å². The maximum atomic E-state index is 12.5. The number of carbonyl (C=O) groups excluding carboxylic acids is 2. The van der Waals surface area contributed by atoms with Crippen LogP contribution < -0.4 is 5.32 Å². The first-order valence-corrected chi connectivity index (χ1v) is 20.8. The van der Waals surface area contributed by atoms with E-state index in [2.05, 4.69) is 43.5 Å². The highest BCUT2D eigenvalue weighted by molar-refractivity contribution is 7.47. The van der Waals surface area contributed by atoms with Crippen LogP contribution in [0.5, 0.6) is 0 Å².